The highest BCUT2D eigenvalue weighted by Gasteiger charge is 2.18. The highest BCUT2D eigenvalue weighted by atomic mass is 79.9. The third-order valence-corrected chi connectivity index (χ3v) is 3.27. The Balaban J connectivity index is 2.98. The maximum Gasteiger partial charge on any atom is 0.335 e. The zero-order valence-electron chi connectivity index (χ0n) is 12.0. The van der Waals surface area contributed by atoms with E-state index in [1.165, 1.54) is 12.1 Å². The van der Waals surface area contributed by atoms with E-state index in [0.717, 1.165) is 0 Å². The largest absolute Gasteiger partial charge is 0.478 e. The van der Waals surface area contributed by atoms with E-state index < -0.39 is 5.97 Å². The van der Waals surface area contributed by atoms with Crippen LogP contribution in [-0.2, 0) is 9.47 Å². The number of carbonyl (C=O) groups is 2. The number of ether oxygens (including phenoxy) is 2. The summed E-state index contributed by atoms with van der Waals surface area (Å²) in [5.74, 6) is -1.33. The molecule has 1 aromatic carbocycles. The highest BCUT2D eigenvalue weighted by Crippen LogP contribution is 2.17. The van der Waals surface area contributed by atoms with Crippen molar-refractivity contribution in [2.45, 2.75) is 0 Å². The van der Waals surface area contributed by atoms with Crippen molar-refractivity contribution >= 4 is 27.8 Å². The molecule has 0 heterocycles. The Morgan fingerprint density at radius 1 is 1.10 bits per heavy atom. The lowest BCUT2D eigenvalue weighted by atomic mass is 10.1. The Kier molecular flexibility index (Phi) is 7.35. The van der Waals surface area contributed by atoms with Crippen molar-refractivity contribution in [3.05, 3.63) is 33.8 Å². The number of rotatable bonds is 8. The molecule has 0 spiro atoms. The maximum absolute atomic E-state index is 12.5. The zero-order valence-corrected chi connectivity index (χ0v) is 13.6. The van der Waals surface area contributed by atoms with Gasteiger partial charge < -0.3 is 19.5 Å². The van der Waals surface area contributed by atoms with Crippen LogP contribution < -0.4 is 0 Å². The van der Waals surface area contributed by atoms with E-state index in [9.17, 15) is 9.59 Å². The predicted molar refractivity (Wildman–Crippen MR) is 80.8 cm³/mol. The molecule has 0 radical (unpaired) electrons. The number of methoxy groups -OCH3 is 2. The molecular weight excluding hydrogens is 342 g/mol. The number of hydrogen-bond donors (Lipinski definition) is 1. The lowest BCUT2D eigenvalue weighted by molar-refractivity contribution is 0.0627. The first-order valence-electron chi connectivity index (χ1n) is 6.30. The summed E-state index contributed by atoms with van der Waals surface area (Å²) in [5, 5.41) is 9.05. The second kappa shape index (κ2) is 8.76. The summed E-state index contributed by atoms with van der Waals surface area (Å²) < 4.78 is 10.5. The van der Waals surface area contributed by atoms with Gasteiger partial charge in [-0.25, -0.2) is 4.79 Å². The molecule has 0 saturated heterocycles. The topological polar surface area (TPSA) is 76.1 Å². The Hall–Kier alpha value is -1.44. The molecule has 0 unspecified atom stereocenters. The third kappa shape index (κ3) is 5.45. The molecule has 6 nitrogen and oxygen atoms in total. The minimum Gasteiger partial charge on any atom is -0.478 e. The van der Waals surface area contributed by atoms with E-state index in [1.807, 2.05) is 0 Å². The van der Waals surface area contributed by atoms with Gasteiger partial charge in [0, 0.05) is 37.3 Å². The fraction of sp³-hybridized carbons (Fsp3) is 0.429. The molecule has 0 fully saturated rings. The van der Waals surface area contributed by atoms with Gasteiger partial charge in [0.2, 0.25) is 0 Å². The molecule has 0 atom stereocenters. The summed E-state index contributed by atoms with van der Waals surface area (Å²) in [5.41, 5.74) is 0.375. The summed E-state index contributed by atoms with van der Waals surface area (Å²) in [6, 6.07) is 4.41. The van der Waals surface area contributed by atoms with Crippen LogP contribution in [0.5, 0.6) is 0 Å². The molecule has 1 rings (SSSR count). The van der Waals surface area contributed by atoms with Crippen LogP contribution in [-0.4, -0.2) is 62.4 Å². The van der Waals surface area contributed by atoms with Gasteiger partial charge in [-0.2, -0.15) is 0 Å². The summed E-state index contributed by atoms with van der Waals surface area (Å²) in [4.78, 5) is 25.1. The van der Waals surface area contributed by atoms with Crippen molar-refractivity contribution < 1.29 is 24.2 Å². The molecule has 0 aromatic heterocycles. The Morgan fingerprint density at radius 3 is 2.10 bits per heavy atom. The molecule has 7 heteroatoms. The molecule has 0 aliphatic heterocycles. The van der Waals surface area contributed by atoms with Crippen LogP contribution in [0.3, 0.4) is 0 Å². The number of carboxylic acid groups (broad SMARTS) is 1. The van der Waals surface area contributed by atoms with Gasteiger partial charge in [-0.3, -0.25) is 4.79 Å². The standard InChI is InChI=1S/C14H18BrNO5/c1-20-5-3-16(4-6-21-2)13(17)10-7-11(14(18)19)9-12(15)8-10/h7-9H,3-6H2,1-2H3,(H,18,19). The number of aromatic carboxylic acids is 1. The van der Waals surface area contributed by atoms with Crippen LogP contribution in [0, 0.1) is 0 Å². The quantitative estimate of drug-likeness (QED) is 0.766. The van der Waals surface area contributed by atoms with Crippen LogP contribution >= 0.6 is 15.9 Å². The van der Waals surface area contributed by atoms with Gasteiger partial charge in [0.15, 0.2) is 0 Å². The smallest absolute Gasteiger partial charge is 0.335 e. The van der Waals surface area contributed by atoms with E-state index >= 15 is 0 Å². The minimum atomic E-state index is -1.08. The molecule has 1 aromatic rings. The molecule has 21 heavy (non-hydrogen) atoms. The number of carbonyl (C=O) groups excluding carboxylic acids is 1. The normalized spacial score (nSPS) is 10.4. The van der Waals surface area contributed by atoms with E-state index in [4.69, 9.17) is 14.6 Å². The summed E-state index contributed by atoms with van der Waals surface area (Å²) in [6.45, 7) is 1.62. The minimum absolute atomic E-state index is 0.0613. The monoisotopic (exact) mass is 359 g/mol. The SMILES string of the molecule is COCCN(CCOC)C(=O)c1cc(Br)cc(C(=O)O)c1. The summed E-state index contributed by atoms with van der Waals surface area (Å²) in [6.07, 6.45) is 0. The molecule has 0 aliphatic rings. The zero-order chi connectivity index (χ0) is 15.8. The first-order chi connectivity index (χ1) is 9.99. The van der Waals surface area contributed by atoms with Gasteiger partial charge in [-0.15, -0.1) is 0 Å². The van der Waals surface area contributed by atoms with Crippen molar-refractivity contribution in [3.8, 4) is 0 Å². The van der Waals surface area contributed by atoms with Gasteiger partial charge in [0.05, 0.1) is 18.8 Å². The number of halogens is 1. The number of amides is 1. The molecule has 0 saturated carbocycles. The lowest BCUT2D eigenvalue weighted by Gasteiger charge is -2.22. The number of benzene rings is 1. The lowest BCUT2D eigenvalue weighted by Crippen LogP contribution is -2.36. The molecular formula is C14H18BrNO5. The fourth-order valence-electron chi connectivity index (χ4n) is 1.74. The molecule has 0 bridgehead atoms. The highest BCUT2D eigenvalue weighted by molar-refractivity contribution is 9.10. The van der Waals surface area contributed by atoms with Crippen molar-refractivity contribution in [1.29, 1.82) is 0 Å². The average Bonchev–Trinajstić information content (AvgIpc) is 2.46. The van der Waals surface area contributed by atoms with Gasteiger partial charge in [-0.1, -0.05) is 15.9 Å². The van der Waals surface area contributed by atoms with Crippen LogP contribution in [0.15, 0.2) is 22.7 Å². The number of hydrogen-bond acceptors (Lipinski definition) is 4. The first kappa shape index (κ1) is 17.6. The molecule has 1 amide bonds. The molecule has 1 N–H and O–H groups in total. The van der Waals surface area contributed by atoms with Gasteiger partial charge in [0.1, 0.15) is 0 Å². The molecule has 116 valence electrons. The first-order valence-corrected chi connectivity index (χ1v) is 7.10. The Morgan fingerprint density at radius 2 is 1.62 bits per heavy atom. The van der Waals surface area contributed by atoms with Crippen LogP contribution in [0.4, 0.5) is 0 Å². The third-order valence-electron chi connectivity index (χ3n) is 2.81. The fourth-order valence-corrected chi connectivity index (χ4v) is 2.23. The average molecular weight is 360 g/mol. The van der Waals surface area contributed by atoms with E-state index in [2.05, 4.69) is 15.9 Å². The van der Waals surface area contributed by atoms with Crippen molar-refractivity contribution in [1.82, 2.24) is 4.90 Å². The van der Waals surface area contributed by atoms with E-state index in [1.54, 1.807) is 25.2 Å². The van der Waals surface area contributed by atoms with Crippen molar-refractivity contribution in [3.63, 3.8) is 0 Å². The number of carboxylic acids is 1. The summed E-state index contributed by atoms with van der Waals surface area (Å²) in [7, 11) is 3.11. The van der Waals surface area contributed by atoms with Gasteiger partial charge in [-0.05, 0) is 18.2 Å². The number of nitrogens with zero attached hydrogens (tertiary/aromatic N) is 1. The van der Waals surface area contributed by atoms with Crippen molar-refractivity contribution in [2.24, 2.45) is 0 Å². The van der Waals surface area contributed by atoms with Crippen LogP contribution in [0.1, 0.15) is 20.7 Å². The molecule has 0 aliphatic carbocycles. The maximum atomic E-state index is 12.5. The van der Waals surface area contributed by atoms with Crippen molar-refractivity contribution in [2.75, 3.05) is 40.5 Å². The Labute approximate surface area is 131 Å². The second-order valence-corrected chi connectivity index (χ2v) is 5.23. The van der Waals surface area contributed by atoms with E-state index in [-0.39, 0.29) is 11.5 Å². The van der Waals surface area contributed by atoms with Crippen LogP contribution in [0.25, 0.3) is 0 Å². The Bertz CT molecular complexity index is 498. The van der Waals surface area contributed by atoms with Gasteiger partial charge in [0.25, 0.3) is 5.91 Å². The van der Waals surface area contributed by atoms with E-state index in [0.29, 0.717) is 36.3 Å². The predicted octanol–water partition coefficient (Wildman–Crippen LogP) is 1.88. The van der Waals surface area contributed by atoms with Crippen LogP contribution in [0.2, 0.25) is 0 Å². The summed E-state index contributed by atoms with van der Waals surface area (Å²) >= 11 is 3.22. The second-order valence-electron chi connectivity index (χ2n) is 4.31. The van der Waals surface area contributed by atoms with Gasteiger partial charge >= 0.3 is 5.97 Å².